The molecule has 74 valence electrons. The minimum Gasteiger partial charge on any atom is -0.433 e. The van der Waals surface area contributed by atoms with E-state index in [2.05, 4.69) is 4.74 Å². The number of aliphatic hydroxyl groups excluding tert-OH is 1. The summed E-state index contributed by atoms with van der Waals surface area (Å²) in [5, 5.41) is 8.81. The van der Waals surface area contributed by atoms with Crippen molar-refractivity contribution in [1.82, 2.24) is 0 Å². The molecule has 0 bridgehead atoms. The monoisotopic (exact) mass is 192 g/mol. The Morgan fingerprint density at radius 1 is 1.43 bits per heavy atom. The smallest absolute Gasteiger partial charge is 0.339 e. The summed E-state index contributed by atoms with van der Waals surface area (Å²) in [7, 11) is 0. The lowest BCUT2D eigenvalue weighted by Crippen LogP contribution is -2.16. The third-order valence-corrected chi connectivity index (χ3v) is 1.59. The van der Waals surface area contributed by atoms with Crippen LogP contribution in [0.4, 0.5) is 0 Å². The number of carbonyl (C=O) groups excluding carboxylic acids is 1. The summed E-state index contributed by atoms with van der Waals surface area (Å²) in [5.74, 6) is -0.655. The van der Waals surface area contributed by atoms with Crippen LogP contribution in [0.3, 0.4) is 0 Å². The highest BCUT2D eigenvalue weighted by atomic mass is 16.5. The summed E-state index contributed by atoms with van der Waals surface area (Å²) in [4.78, 5) is 10.8. The molecular weight excluding hydrogens is 180 g/mol. The molecule has 0 aliphatic heterocycles. The predicted octanol–water partition coefficient (Wildman–Crippen LogP) is 1.58. The number of esters is 1. The van der Waals surface area contributed by atoms with Crippen LogP contribution in [0.25, 0.3) is 6.08 Å². The van der Waals surface area contributed by atoms with Crippen LogP contribution in [0.15, 0.2) is 36.6 Å². The Morgan fingerprint density at radius 3 is 2.64 bits per heavy atom. The van der Waals surface area contributed by atoms with Crippen molar-refractivity contribution in [3.8, 4) is 0 Å². The first-order valence-electron chi connectivity index (χ1n) is 4.30. The van der Waals surface area contributed by atoms with E-state index in [9.17, 15) is 4.79 Å². The third-order valence-electron chi connectivity index (χ3n) is 1.59. The normalized spacial score (nSPS) is 12.7. The average molecular weight is 192 g/mol. The summed E-state index contributed by atoms with van der Waals surface area (Å²) in [6, 6.07) is 9.44. The highest BCUT2D eigenvalue weighted by Crippen LogP contribution is 2.01. The summed E-state index contributed by atoms with van der Waals surface area (Å²) in [6.07, 6.45) is 1.83. The lowest BCUT2D eigenvalue weighted by Gasteiger charge is -2.00. The van der Waals surface area contributed by atoms with Gasteiger partial charge in [0.25, 0.3) is 0 Å². The Bertz CT molecular complexity index is 315. The second-order valence-corrected chi connectivity index (χ2v) is 2.83. The van der Waals surface area contributed by atoms with Crippen LogP contribution in [0.1, 0.15) is 12.5 Å². The summed E-state index contributed by atoms with van der Waals surface area (Å²) < 4.78 is 4.64. The van der Waals surface area contributed by atoms with Crippen molar-refractivity contribution in [2.75, 3.05) is 0 Å². The molecule has 0 saturated heterocycles. The maximum atomic E-state index is 10.8. The van der Waals surface area contributed by atoms with Gasteiger partial charge in [-0.2, -0.15) is 0 Å². The van der Waals surface area contributed by atoms with Crippen LogP contribution in [0, 0.1) is 0 Å². The van der Waals surface area contributed by atoms with Crippen molar-refractivity contribution in [2.24, 2.45) is 0 Å². The molecule has 3 heteroatoms. The Labute approximate surface area is 82.6 Å². The highest BCUT2D eigenvalue weighted by molar-refractivity contribution is 5.74. The van der Waals surface area contributed by atoms with Crippen molar-refractivity contribution in [3.05, 3.63) is 42.2 Å². The zero-order valence-electron chi connectivity index (χ0n) is 7.88. The van der Waals surface area contributed by atoms with Crippen molar-refractivity contribution in [3.63, 3.8) is 0 Å². The van der Waals surface area contributed by atoms with Gasteiger partial charge in [-0.1, -0.05) is 30.3 Å². The zero-order chi connectivity index (χ0) is 10.4. The highest BCUT2D eigenvalue weighted by Gasteiger charge is 2.07. The van der Waals surface area contributed by atoms with Crippen LogP contribution in [-0.2, 0) is 9.53 Å². The van der Waals surface area contributed by atoms with E-state index < -0.39 is 12.1 Å². The molecule has 0 heterocycles. The fourth-order valence-corrected chi connectivity index (χ4v) is 0.842. The maximum absolute atomic E-state index is 10.8. The van der Waals surface area contributed by atoms with Gasteiger partial charge in [0, 0.05) is 0 Å². The molecule has 1 aromatic rings. The van der Waals surface area contributed by atoms with E-state index in [0.717, 1.165) is 5.56 Å². The van der Waals surface area contributed by atoms with Crippen molar-refractivity contribution >= 4 is 12.0 Å². The van der Waals surface area contributed by atoms with Crippen LogP contribution < -0.4 is 0 Å². The molecule has 1 aromatic carbocycles. The standard InChI is InChI=1S/C11H12O3/c1-9(12)11(13)14-8-7-10-5-3-2-4-6-10/h2-9,12H,1H3. The average Bonchev–Trinajstić information content (AvgIpc) is 2.19. The van der Waals surface area contributed by atoms with Crippen LogP contribution >= 0.6 is 0 Å². The molecule has 1 rings (SSSR count). The van der Waals surface area contributed by atoms with E-state index in [4.69, 9.17) is 5.11 Å². The first-order valence-corrected chi connectivity index (χ1v) is 4.30. The molecule has 0 amide bonds. The quantitative estimate of drug-likeness (QED) is 0.584. The second kappa shape index (κ2) is 5.19. The molecule has 0 saturated carbocycles. The number of aliphatic hydroxyl groups is 1. The fourth-order valence-electron chi connectivity index (χ4n) is 0.842. The minimum atomic E-state index is -1.09. The lowest BCUT2D eigenvalue weighted by molar-refractivity contribution is -0.146. The second-order valence-electron chi connectivity index (χ2n) is 2.83. The van der Waals surface area contributed by atoms with Crippen LogP contribution in [-0.4, -0.2) is 17.2 Å². The van der Waals surface area contributed by atoms with Crippen LogP contribution in [0.2, 0.25) is 0 Å². The third kappa shape index (κ3) is 3.41. The van der Waals surface area contributed by atoms with E-state index in [-0.39, 0.29) is 0 Å². The minimum absolute atomic E-state index is 0.655. The first-order chi connectivity index (χ1) is 6.70. The molecule has 3 nitrogen and oxygen atoms in total. The van der Waals surface area contributed by atoms with Crippen LogP contribution in [0.5, 0.6) is 0 Å². The molecule has 0 fully saturated rings. The summed E-state index contributed by atoms with van der Waals surface area (Å²) in [6.45, 7) is 1.36. The Kier molecular flexibility index (Phi) is 3.88. The van der Waals surface area contributed by atoms with Gasteiger partial charge < -0.3 is 9.84 Å². The summed E-state index contributed by atoms with van der Waals surface area (Å²) >= 11 is 0. The largest absolute Gasteiger partial charge is 0.433 e. The van der Waals surface area contributed by atoms with Gasteiger partial charge in [0.05, 0.1) is 6.26 Å². The zero-order valence-corrected chi connectivity index (χ0v) is 7.88. The Hall–Kier alpha value is -1.61. The van der Waals surface area contributed by atoms with Gasteiger partial charge in [0.15, 0.2) is 0 Å². The van der Waals surface area contributed by atoms with Gasteiger partial charge in [-0.05, 0) is 18.6 Å². The molecule has 0 aliphatic carbocycles. The van der Waals surface area contributed by atoms with Gasteiger partial charge >= 0.3 is 5.97 Å². The van der Waals surface area contributed by atoms with E-state index >= 15 is 0 Å². The fraction of sp³-hybridized carbons (Fsp3) is 0.182. The molecule has 0 aromatic heterocycles. The molecular formula is C11H12O3. The molecule has 1 atom stereocenters. The van der Waals surface area contributed by atoms with Crippen molar-refractivity contribution in [1.29, 1.82) is 0 Å². The van der Waals surface area contributed by atoms with Gasteiger partial charge in [-0.3, -0.25) is 0 Å². The van der Waals surface area contributed by atoms with Gasteiger partial charge in [-0.25, -0.2) is 4.79 Å². The maximum Gasteiger partial charge on any atom is 0.339 e. The molecule has 0 aliphatic rings. The van der Waals surface area contributed by atoms with E-state index in [1.165, 1.54) is 13.2 Å². The van der Waals surface area contributed by atoms with Crippen molar-refractivity contribution in [2.45, 2.75) is 13.0 Å². The SMILES string of the molecule is CC(O)C(=O)OC=Cc1ccccc1. The topological polar surface area (TPSA) is 46.5 Å². The summed E-state index contributed by atoms with van der Waals surface area (Å²) in [5.41, 5.74) is 0.936. The van der Waals surface area contributed by atoms with Gasteiger partial charge in [0.2, 0.25) is 0 Å². The Balaban J connectivity index is 2.46. The van der Waals surface area contributed by atoms with Crippen molar-refractivity contribution < 1.29 is 14.6 Å². The molecule has 14 heavy (non-hydrogen) atoms. The van der Waals surface area contributed by atoms with E-state index in [0.29, 0.717) is 0 Å². The number of benzene rings is 1. The lowest BCUT2D eigenvalue weighted by atomic mass is 10.2. The predicted molar refractivity (Wildman–Crippen MR) is 53.2 cm³/mol. The molecule has 0 radical (unpaired) electrons. The number of hydrogen-bond donors (Lipinski definition) is 1. The van der Waals surface area contributed by atoms with E-state index in [1.807, 2.05) is 30.3 Å². The first kappa shape index (κ1) is 10.5. The molecule has 0 spiro atoms. The Morgan fingerprint density at radius 2 is 2.07 bits per heavy atom. The molecule has 1 N–H and O–H groups in total. The number of ether oxygens (including phenoxy) is 1. The number of carbonyl (C=O) groups is 1. The number of hydrogen-bond acceptors (Lipinski definition) is 3. The van der Waals surface area contributed by atoms with Gasteiger partial charge in [0.1, 0.15) is 6.10 Å². The van der Waals surface area contributed by atoms with Gasteiger partial charge in [-0.15, -0.1) is 0 Å². The molecule has 1 unspecified atom stereocenters. The van der Waals surface area contributed by atoms with E-state index in [1.54, 1.807) is 6.08 Å². The number of rotatable bonds is 3.